The summed E-state index contributed by atoms with van der Waals surface area (Å²) in [6.45, 7) is 2.79. The molecule has 0 radical (unpaired) electrons. The summed E-state index contributed by atoms with van der Waals surface area (Å²) in [6.07, 6.45) is 6.87. The molecule has 0 bridgehead atoms. The van der Waals surface area contributed by atoms with Crippen LogP contribution in [0.15, 0.2) is 23.1 Å². The Kier molecular flexibility index (Phi) is 6.65. The maximum Gasteiger partial charge on any atom is 0.296 e. The number of nitrogens with one attached hydrogen (secondary N) is 1. The molecule has 0 aromatic heterocycles. The fraction of sp³-hybridized carbons (Fsp3) is 0.682. The second kappa shape index (κ2) is 9.21. The van der Waals surface area contributed by atoms with Crippen molar-refractivity contribution in [3.05, 3.63) is 38.4 Å². The number of nitro groups is 2. The molecule has 3 fully saturated rings. The Bertz CT molecular complexity index is 1110. The van der Waals surface area contributed by atoms with Gasteiger partial charge in [-0.05, 0) is 62.8 Å². The van der Waals surface area contributed by atoms with Crippen LogP contribution >= 0.6 is 0 Å². The molecule has 12 heteroatoms. The molecule has 4 atom stereocenters. The molecule has 34 heavy (non-hydrogen) atoms. The third kappa shape index (κ3) is 4.17. The molecular weight excluding hydrogens is 464 g/mol. The summed E-state index contributed by atoms with van der Waals surface area (Å²) >= 11 is 0. The molecule has 1 aromatic rings. The van der Waals surface area contributed by atoms with Gasteiger partial charge in [-0.25, -0.2) is 13.1 Å². The van der Waals surface area contributed by atoms with E-state index in [0.717, 1.165) is 57.2 Å². The van der Waals surface area contributed by atoms with Crippen molar-refractivity contribution in [2.75, 3.05) is 6.54 Å². The zero-order valence-corrected chi connectivity index (χ0v) is 20.0. The molecule has 0 unspecified atom stereocenters. The van der Waals surface area contributed by atoms with Crippen LogP contribution in [0.3, 0.4) is 0 Å². The van der Waals surface area contributed by atoms with Crippen molar-refractivity contribution < 1.29 is 23.1 Å². The van der Waals surface area contributed by atoms with Gasteiger partial charge in [-0.15, -0.1) is 0 Å². The molecule has 1 aliphatic carbocycles. The summed E-state index contributed by atoms with van der Waals surface area (Å²) in [5.41, 5.74) is -1.59. The highest BCUT2D eigenvalue weighted by Crippen LogP contribution is 2.53. The number of carbonyl (C=O) groups excluding carboxylic acids is 1. The molecule has 2 heterocycles. The van der Waals surface area contributed by atoms with Gasteiger partial charge in [-0.2, -0.15) is 0 Å². The Balaban J connectivity index is 1.67. The minimum atomic E-state index is -4.31. The molecule has 1 saturated carbocycles. The van der Waals surface area contributed by atoms with Crippen LogP contribution in [0.5, 0.6) is 0 Å². The number of hydrogen-bond acceptors (Lipinski definition) is 7. The Morgan fingerprint density at radius 2 is 1.91 bits per heavy atom. The Labute approximate surface area is 198 Å². The van der Waals surface area contributed by atoms with Crippen LogP contribution in [-0.2, 0) is 14.8 Å². The minimum absolute atomic E-state index is 0.00266. The molecule has 186 valence electrons. The van der Waals surface area contributed by atoms with Crippen LogP contribution in [0, 0.1) is 32.1 Å². The van der Waals surface area contributed by atoms with Crippen molar-refractivity contribution in [2.24, 2.45) is 11.8 Å². The standard InChI is InChI=1S/C22H30N4O7S/c1-2-5-16-17-6-3-7-21(27)24-13-4-11-22(17,24)12-10-18(16)23-34(32,33)20-9-8-15(25(28)29)14-19(20)26(30)31/h8-9,14,16-18,23H,2-7,10-13H2,1H3/t16-,17+,18+,22-/m1/s1. The van der Waals surface area contributed by atoms with Crippen LogP contribution in [-0.4, -0.2) is 47.2 Å². The zero-order chi connectivity index (χ0) is 24.7. The van der Waals surface area contributed by atoms with Crippen molar-refractivity contribution >= 4 is 27.3 Å². The number of non-ortho nitro benzene ring substituents is 1. The number of amides is 1. The van der Waals surface area contributed by atoms with E-state index in [1.807, 2.05) is 6.92 Å². The number of nitrogens with zero attached hydrogens (tertiary/aromatic N) is 3. The predicted octanol–water partition coefficient (Wildman–Crippen LogP) is 3.52. The van der Waals surface area contributed by atoms with Crippen molar-refractivity contribution in [1.82, 2.24) is 9.62 Å². The van der Waals surface area contributed by atoms with Gasteiger partial charge in [0, 0.05) is 30.6 Å². The van der Waals surface area contributed by atoms with Crippen molar-refractivity contribution in [3.8, 4) is 0 Å². The van der Waals surface area contributed by atoms with Crippen LogP contribution < -0.4 is 4.72 Å². The van der Waals surface area contributed by atoms with Gasteiger partial charge >= 0.3 is 0 Å². The number of carbonyl (C=O) groups is 1. The van der Waals surface area contributed by atoms with Gasteiger partial charge in [-0.1, -0.05) is 13.3 Å². The SMILES string of the molecule is CCC[C@H]1[C@@H](NS(=O)(=O)c2ccc([N+](=O)[O-])cc2[N+](=O)[O-])CC[C@@]23CCCN2C(=O)CCC[C@@H]13. The number of nitro benzene ring substituents is 2. The number of rotatable bonds is 7. The normalized spacial score (nSPS) is 29.3. The first-order valence-electron chi connectivity index (χ1n) is 11.9. The summed E-state index contributed by atoms with van der Waals surface area (Å²) in [7, 11) is -4.31. The third-order valence-corrected chi connectivity index (χ3v) is 9.45. The Morgan fingerprint density at radius 1 is 1.15 bits per heavy atom. The highest BCUT2D eigenvalue weighted by molar-refractivity contribution is 7.89. The highest BCUT2D eigenvalue weighted by atomic mass is 32.2. The van der Waals surface area contributed by atoms with Crippen molar-refractivity contribution in [2.45, 2.75) is 81.2 Å². The first-order valence-corrected chi connectivity index (χ1v) is 13.3. The van der Waals surface area contributed by atoms with E-state index in [1.54, 1.807) is 0 Å². The monoisotopic (exact) mass is 494 g/mol. The van der Waals surface area contributed by atoms with E-state index in [2.05, 4.69) is 9.62 Å². The van der Waals surface area contributed by atoms with Gasteiger partial charge in [0.25, 0.3) is 11.4 Å². The maximum absolute atomic E-state index is 13.3. The van der Waals surface area contributed by atoms with E-state index in [9.17, 15) is 33.4 Å². The van der Waals surface area contributed by atoms with Gasteiger partial charge in [0.05, 0.1) is 15.9 Å². The first-order chi connectivity index (χ1) is 16.1. The number of sulfonamides is 1. The highest BCUT2D eigenvalue weighted by Gasteiger charge is 2.56. The summed E-state index contributed by atoms with van der Waals surface area (Å²) in [6, 6.07) is 2.15. The van der Waals surface area contributed by atoms with Crippen LogP contribution in [0.25, 0.3) is 0 Å². The molecule has 4 rings (SSSR count). The van der Waals surface area contributed by atoms with Gasteiger partial charge in [-0.3, -0.25) is 25.0 Å². The molecule has 3 aliphatic rings. The molecule has 1 spiro atoms. The molecule has 1 aromatic carbocycles. The Hall–Kier alpha value is -2.60. The van der Waals surface area contributed by atoms with Crippen molar-refractivity contribution in [1.29, 1.82) is 0 Å². The second-order valence-electron chi connectivity index (χ2n) is 9.64. The van der Waals surface area contributed by atoms with E-state index in [-0.39, 0.29) is 23.3 Å². The molecule has 2 aliphatic heterocycles. The van der Waals surface area contributed by atoms with E-state index >= 15 is 0 Å². The van der Waals surface area contributed by atoms with Crippen LogP contribution in [0.1, 0.15) is 64.7 Å². The summed E-state index contributed by atoms with van der Waals surface area (Å²) in [5.74, 6) is 0.350. The van der Waals surface area contributed by atoms with E-state index in [1.165, 1.54) is 0 Å². The second-order valence-corrected chi connectivity index (χ2v) is 11.3. The summed E-state index contributed by atoms with van der Waals surface area (Å²) in [4.78, 5) is 35.1. The molecule has 1 N–H and O–H groups in total. The topological polar surface area (TPSA) is 153 Å². The van der Waals surface area contributed by atoms with E-state index < -0.39 is 42.2 Å². The van der Waals surface area contributed by atoms with Crippen LogP contribution in [0.4, 0.5) is 11.4 Å². The lowest BCUT2D eigenvalue weighted by molar-refractivity contribution is -0.396. The predicted molar refractivity (Wildman–Crippen MR) is 123 cm³/mol. The largest absolute Gasteiger partial charge is 0.337 e. The maximum atomic E-state index is 13.3. The fourth-order valence-corrected chi connectivity index (χ4v) is 8.10. The fourth-order valence-electron chi connectivity index (χ4n) is 6.63. The first kappa shape index (κ1) is 24.5. The third-order valence-electron chi connectivity index (χ3n) is 7.92. The summed E-state index contributed by atoms with van der Waals surface area (Å²) < 4.78 is 29.4. The molecular formula is C22H30N4O7S. The van der Waals surface area contributed by atoms with Gasteiger partial charge in [0.2, 0.25) is 15.9 Å². The smallest absolute Gasteiger partial charge is 0.296 e. The summed E-state index contributed by atoms with van der Waals surface area (Å²) in [5, 5.41) is 22.6. The van der Waals surface area contributed by atoms with Gasteiger partial charge < -0.3 is 4.90 Å². The average molecular weight is 495 g/mol. The number of hydrogen-bond donors (Lipinski definition) is 1. The molecule has 1 amide bonds. The lowest BCUT2D eigenvalue weighted by atomic mass is 9.61. The lowest BCUT2D eigenvalue weighted by Crippen LogP contribution is -2.60. The zero-order valence-electron chi connectivity index (χ0n) is 19.1. The van der Waals surface area contributed by atoms with E-state index in [0.29, 0.717) is 25.3 Å². The van der Waals surface area contributed by atoms with Crippen molar-refractivity contribution in [3.63, 3.8) is 0 Å². The van der Waals surface area contributed by atoms with Crippen LogP contribution in [0.2, 0.25) is 0 Å². The van der Waals surface area contributed by atoms with Gasteiger partial charge in [0.1, 0.15) is 0 Å². The minimum Gasteiger partial charge on any atom is -0.337 e. The lowest BCUT2D eigenvalue weighted by Gasteiger charge is -2.53. The van der Waals surface area contributed by atoms with E-state index in [4.69, 9.17) is 0 Å². The molecule has 2 saturated heterocycles. The number of benzene rings is 1. The Morgan fingerprint density at radius 3 is 2.59 bits per heavy atom. The quantitative estimate of drug-likeness (QED) is 0.449. The van der Waals surface area contributed by atoms with Gasteiger partial charge in [0.15, 0.2) is 4.90 Å². The molecule has 11 nitrogen and oxygen atoms in total. The average Bonchev–Trinajstić information content (AvgIpc) is 3.15.